The Balaban J connectivity index is 1.90. The van der Waals surface area contributed by atoms with Gasteiger partial charge in [0.25, 0.3) is 0 Å². The minimum absolute atomic E-state index is 0.0407. The van der Waals surface area contributed by atoms with Gasteiger partial charge >= 0.3 is 6.18 Å². The molecular weight excluding hydrogens is 309 g/mol. The van der Waals surface area contributed by atoms with Crippen molar-refractivity contribution in [2.24, 2.45) is 5.92 Å². The number of amides is 1. The predicted molar refractivity (Wildman–Crippen MR) is 80.1 cm³/mol. The molecular formula is C16H21F3N2O2. The van der Waals surface area contributed by atoms with Gasteiger partial charge in [-0.05, 0) is 37.6 Å². The summed E-state index contributed by atoms with van der Waals surface area (Å²) in [5.74, 6) is 0.0746. The van der Waals surface area contributed by atoms with Crippen LogP contribution in [0.1, 0.15) is 25.3 Å². The molecule has 0 bridgehead atoms. The van der Waals surface area contributed by atoms with Gasteiger partial charge in [0, 0.05) is 6.54 Å². The van der Waals surface area contributed by atoms with Gasteiger partial charge in [-0.3, -0.25) is 4.79 Å². The molecule has 1 saturated heterocycles. The Kier molecular flexibility index (Phi) is 5.87. The van der Waals surface area contributed by atoms with Crippen molar-refractivity contribution < 1.29 is 22.7 Å². The zero-order chi connectivity index (χ0) is 16.9. The molecule has 0 spiro atoms. The standard InChI is InChI=1S/C16H21F3N2O2/c1-2-13(10-21-15(22)11-6-7-20-9-11)23-14-5-3-4-12(8-14)16(17,18)19/h3-5,8,11,13,20H,2,6-7,9-10H2,1H3,(H,21,22). The molecule has 1 heterocycles. The van der Waals surface area contributed by atoms with Gasteiger partial charge in [0.2, 0.25) is 5.91 Å². The van der Waals surface area contributed by atoms with Crippen molar-refractivity contribution in [3.05, 3.63) is 29.8 Å². The summed E-state index contributed by atoms with van der Waals surface area (Å²) in [5, 5.41) is 5.93. The third-order valence-corrected chi connectivity index (χ3v) is 3.85. The molecule has 1 fully saturated rings. The van der Waals surface area contributed by atoms with Crippen LogP contribution in [-0.2, 0) is 11.0 Å². The molecule has 0 radical (unpaired) electrons. The lowest BCUT2D eigenvalue weighted by Gasteiger charge is -2.20. The highest BCUT2D eigenvalue weighted by Crippen LogP contribution is 2.31. The van der Waals surface area contributed by atoms with Gasteiger partial charge in [0.05, 0.1) is 18.0 Å². The number of carbonyl (C=O) groups excluding carboxylic acids is 1. The number of halogens is 3. The number of alkyl halides is 3. The molecule has 2 rings (SSSR count). The molecule has 4 nitrogen and oxygen atoms in total. The van der Waals surface area contributed by atoms with Gasteiger partial charge in [-0.1, -0.05) is 13.0 Å². The maximum atomic E-state index is 12.7. The first-order valence-corrected chi connectivity index (χ1v) is 7.72. The second-order valence-corrected chi connectivity index (χ2v) is 5.61. The average molecular weight is 330 g/mol. The quantitative estimate of drug-likeness (QED) is 0.843. The van der Waals surface area contributed by atoms with Crippen molar-refractivity contribution in [1.82, 2.24) is 10.6 Å². The molecule has 23 heavy (non-hydrogen) atoms. The van der Waals surface area contributed by atoms with Crippen LogP contribution in [0.15, 0.2) is 24.3 Å². The van der Waals surface area contributed by atoms with E-state index in [2.05, 4.69) is 10.6 Å². The van der Waals surface area contributed by atoms with E-state index in [-0.39, 0.29) is 30.2 Å². The predicted octanol–water partition coefficient (Wildman–Crippen LogP) is 2.59. The fraction of sp³-hybridized carbons (Fsp3) is 0.562. The van der Waals surface area contributed by atoms with Gasteiger partial charge < -0.3 is 15.4 Å². The van der Waals surface area contributed by atoms with Crippen molar-refractivity contribution in [3.63, 3.8) is 0 Å². The number of hydrogen-bond acceptors (Lipinski definition) is 3. The van der Waals surface area contributed by atoms with Gasteiger partial charge in [-0.2, -0.15) is 13.2 Å². The maximum absolute atomic E-state index is 12.7. The van der Waals surface area contributed by atoms with E-state index in [0.29, 0.717) is 13.0 Å². The lowest BCUT2D eigenvalue weighted by Crippen LogP contribution is -2.39. The molecule has 1 aliphatic rings. The van der Waals surface area contributed by atoms with E-state index in [4.69, 9.17) is 4.74 Å². The highest BCUT2D eigenvalue weighted by molar-refractivity contribution is 5.79. The number of benzene rings is 1. The van der Waals surface area contributed by atoms with Crippen LogP contribution in [-0.4, -0.2) is 31.6 Å². The van der Waals surface area contributed by atoms with Gasteiger partial charge in [-0.15, -0.1) is 0 Å². The van der Waals surface area contributed by atoms with E-state index in [1.54, 1.807) is 0 Å². The molecule has 1 amide bonds. The number of ether oxygens (including phenoxy) is 1. The van der Waals surface area contributed by atoms with Crippen LogP contribution in [0.25, 0.3) is 0 Å². The summed E-state index contributed by atoms with van der Waals surface area (Å²) in [6, 6.07) is 4.78. The molecule has 0 aromatic heterocycles. The first-order valence-electron chi connectivity index (χ1n) is 7.72. The molecule has 7 heteroatoms. The van der Waals surface area contributed by atoms with E-state index >= 15 is 0 Å². The van der Waals surface area contributed by atoms with Crippen molar-refractivity contribution >= 4 is 5.91 Å². The molecule has 2 atom stereocenters. The van der Waals surface area contributed by atoms with Crippen molar-refractivity contribution in [2.75, 3.05) is 19.6 Å². The van der Waals surface area contributed by atoms with Crippen LogP contribution >= 0.6 is 0 Å². The summed E-state index contributed by atoms with van der Waals surface area (Å²) >= 11 is 0. The van der Waals surface area contributed by atoms with E-state index in [0.717, 1.165) is 25.1 Å². The molecule has 1 aliphatic heterocycles. The second kappa shape index (κ2) is 7.68. The Labute approximate surface area is 133 Å². The lowest BCUT2D eigenvalue weighted by molar-refractivity contribution is -0.137. The van der Waals surface area contributed by atoms with Crippen LogP contribution in [0.4, 0.5) is 13.2 Å². The molecule has 1 aromatic rings. The average Bonchev–Trinajstić information content (AvgIpc) is 3.05. The van der Waals surface area contributed by atoms with E-state index in [1.807, 2.05) is 6.92 Å². The van der Waals surface area contributed by atoms with E-state index < -0.39 is 11.7 Å². The molecule has 128 valence electrons. The third-order valence-electron chi connectivity index (χ3n) is 3.85. The summed E-state index contributed by atoms with van der Waals surface area (Å²) < 4.78 is 43.7. The van der Waals surface area contributed by atoms with E-state index in [1.165, 1.54) is 12.1 Å². The summed E-state index contributed by atoms with van der Waals surface area (Å²) in [7, 11) is 0. The Morgan fingerprint density at radius 1 is 1.48 bits per heavy atom. The largest absolute Gasteiger partial charge is 0.489 e. The fourth-order valence-electron chi connectivity index (χ4n) is 2.44. The Bertz CT molecular complexity index is 528. The highest BCUT2D eigenvalue weighted by Gasteiger charge is 2.30. The SMILES string of the molecule is CCC(CNC(=O)C1CCNC1)Oc1cccc(C(F)(F)F)c1. The van der Waals surface area contributed by atoms with Gasteiger partial charge in [0.1, 0.15) is 11.9 Å². The van der Waals surface area contributed by atoms with Crippen LogP contribution in [0, 0.1) is 5.92 Å². The summed E-state index contributed by atoms with van der Waals surface area (Å²) in [6.45, 7) is 3.64. The van der Waals surface area contributed by atoms with Crippen LogP contribution < -0.4 is 15.4 Å². The molecule has 1 aromatic carbocycles. The Morgan fingerprint density at radius 3 is 2.87 bits per heavy atom. The summed E-state index contributed by atoms with van der Waals surface area (Å²) in [6.07, 6.45) is -3.38. The topological polar surface area (TPSA) is 50.4 Å². The molecule has 0 saturated carbocycles. The zero-order valence-corrected chi connectivity index (χ0v) is 13.0. The normalized spacial score (nSPS) is 19.4. The number of hydrogen-bond donors (Lipinski definition) is 2. The Morgan fingerprint density at radius 2 is 2.26 bits per heavy atom. The third kappa shape index (κ3) is 5.13. The van der Waals surface area contributed by atoms with Crippen LogP contribution in [0.2, 0.25) is 0 Å². The van der Waals surface area contributed by atoms with Crippen molar-refractivity contribution in [1.29, 1.82) is 0 Å². The summed E-state index contributed by atoms with van der Waals surface area (Å²) in [4.78, 5) is 11.9. The molecule has 2 unspecified atom stereocenters. The first-order chi connectivity index (χ1) is 10.9. The number of carbonyl (C=O) groups is 1. The highest BCUT2D eigenvalue weighted by atomic mass is 19.4. The maximum Gasteiger partial charge on any atom is 0.416 e. The van der Waals surface area contributed by atoms with Crippen LogP contribution in [0.3, 0.4) is 0 Å². The Hall–Kier alpha value is -1.76. The number of rotatable bonds is 6. The first kappa shape index (κ1) is 17.6. The van der Waals surface area contributed by atoms with E-state index in [9.17, 15) is 18.0 Å². The molecule has 0 aliphatic carbocycles. The fourth-order valence-corrected chi connectivity index (χ4v) is 2.44. The lowest BCUT2D eigenvalue weighted by atomic mass is 10.1. The van der Waals surface area contributed by atoms with Crippen molar-refractivity contribution in [3.8, 4) is 5.75 Å². The van der Waals surface area contributed by atoms with Crippen molar-refractivity contribution in [2.45, 2.75) is 32.0 Å². The monoisotopic (exact) mass is 330 g/mol. The minimum Gasteiger partial charge on any atom is -0.489 e. The molecule has 2 N–H and O–H groups in total. The zero-order valence-electron chi connectivity index (χ0n) is 13.0. The van der Waals surface area contributed by atoms with Crippen LogP contribution in [0.5, 0.6) is 5.75 Å². The minimum atomic E-state index is -4.40. The number of nitrogens with one attached hydrogen (secondary N) is 2. The smallest absolute Gasteiger partial charge is 0.416 e. The second-order valence-electron chi connectivity index (χ2n) is 5.61. The van der Waals surface area contributed by atoms with Gasteiger partial charge in [-0.25, -0.2) is 0 Å². The summed E-state index contributed by atoms with van der Waals surface area (Å²) in [5.41, 5.74) is -0.745. The van der Waals surface area contributed by atoms with Gasteiger partial charge in [0.15, 0.2) is 0 Å².